The molecular weight excluding hydrogens is 262 g/mol. The Hall–Kier alpha value is -1.35. The maximum Gasteiger partial charge on any atom is 0.338 e. The van der Waals surface area contributed by atoms with Crippen LogP contribution in [-0.4, -0.2) is 35.6 Å². The number of hydrogen-bond acceptors (Lipinski definition) is 3. The molecule has 21 heavy (non-hydrogen) atoms. The second-order valence-electron chi connectivity index (χ2n) is 6.97. The summed E-state index contributed by atoms with van der Waals surface area (Å²) in [5.41, 5.74) is 0.943. The summed E-state index contributed by atoms with van der Waals surface area (Å²) in [5.74, 6) is 0.510. The van der Waals surface area contributed by atoms with Crippen LogP contribution >= 0.6 is 0 Å². The fourth-order valence-corrected chi connectivity index (χ4v) is 4.19. The van der Waals surface area contributed by atoms with E-state index in [4.69, 9.17) is 4.74 Å². The Kier molecular flexibility index (Phi) is 4.03. The highest BCUT2D eigenvalue weighted by Gasteiger charge is 2.49. The van der Waals surface area contributed by atoms with E-state index < -0.39 is 0 Å². The maximum absolute atomic E-state index is 12.2. The molecule has 2 saturated heterocycles. The van der Waals surface area contributed by atoms with Gasteiger partial charge in [0.15, 0.2) is 0 Å². The zero-order chi connectivity index (χ0) is 14.9. The van der Waals surface area contributed by atoms with Gasteiger partial charge in [0.2, 0.25) is 0 Å². The van der Waals surface area contributed by atoms with E-state index in [0.29, 0.717) is 11.5 Å². The van der Waals surface area contributed by atoms with Crippen LogP contribution in [0.1, 0.15) is 49.9 Å². The molecule has 0 saturated carbocycles. The molecule has 2 atom stereocenters. The second kappa shape index (κ2) is 5.80. The SMILES string of the molecule is CC(C)C[C@@]12CCCN1C[C@H](OC(=O)c1ccccc1)C2. The van der Waals surface area contributed by atoms with Crippen molar-refractivity contribution in [1.82, 2.24) is 4.90 Å². The average Bonchev–Trinajstić information content (AvgIpc) is 2.94. The minimum absolute atomic E-state index is 0.0526. The molecule has 0 unspecified atom stereocenters. The van der Waals surface area contributed by atoms with E-state index in [-0.39, 0.29) is 17.6 Å². The molecule has 114 valence electrons. The summed E-state index contributed by atoms with van der Waals surface area (Å²) in [7, 11) is 0. The highest BCUT2D eigenvalue weighted by molar-refractivity contribution is 5.89. The first-order chi connectivity index (χ1) is 10.1. The van der Waals surface area contributed by atoms with Crippen LogP contribution in [0.5, 0.6) is 0 Å². The summed E-state index contributed by atoms with van der Waals surface area (Å²) in [6.45, 7) is 6.64. The van der Waals surface area contributed by atoms with Crippen molar-refractivity contribution in [3.05, 3.63) is 35.9 Å². The molecule has 2 aliphatic rings. The molecule has 0 aromatic heterocycles. The van der Waals surface area contributed by atoms with E-state index in [1.807, 2.05) is 30.3 Å². The Bertz CT molecular complexity index is 499. The molecule has 2 heterocycles. The van der Waals surface area contributed by atoms with Crippen LogP contribution in [0.15, 0.2) is 30.3 Å². The van der Waals surface area contributed by atoms with E-state index in [1.165, 1.54) is 19.3 Å². The van der Waals surface area contributed by atoms with Gasteiger partial charge in [0.25, 0.3) is 0 Å². The minimum atomic E-state index is -0.179. The molecule has 3 nitrogen and oxygen atoms in total. The molecule has 0 aliphatic carbocycles. The molecule has 0 spiro atoms. The zero-order valence-electron chi connectivity index (χ0n) is 13.0. The molecule has 0 bridgehead atoms. The van der Waals surface area contributed by atoms with Crippen LogP contribution in [0.25, 0.3) is 0 Å². The van der Waals surface area contributed by atoms with Gasteiger partial charge in [0.1, 0.15) is 6.10 Å². The lowest BCUT2D eigenvalue weighted by Crippen LogP contribution is -2.39. The molecule has 2 aliphatic heterocycles. The van der Waals surface area contributed by atoms with Crippen molar-refractivity contribution < 1.29 is 9.53 Å². The topological polar surface area (TPSA) is 29.5 Å². The highest BCUT2D eigenvalue weighted by Crippen LogP contribution is 2.44. The quantitative estimate of drug-likeness (QED) is 0.794. The van der Waals surface area contributed by atoms with Gasteiger partial charge in [-0.3, -0.25) is 4.90 Å². The van der Waals surface area contributed by atoms with Gasteiger partial charge < -0.3 is 4.74 Å². The zero-order valence-corrected chi connectivity index (χ0v) is 13.0. The molecule has 3 rings (SSSR count). The van der Waals surface area contributed by atoms with Gasteiger partial charge >= 0.3 is 5.97 Å². The molecule has 3 heteroatoms. The largest absolute Gasteiger partial charge is 0.457 e. The number of carbonyl (C=O) groups excluding carboxylic acids is 1. The van der Waals surface area contributed by atoms with Gasteiger partial charge in [-0.25, -0.2) is 4.79 Å². The third-order valence-corrected chi connectivity index (χ3v) is 4.84. The fourth-order valence-electron chi connectivity index (χ4n) is 4.19. The number of fused-ring (bicyclic) bond motifs is 1. The Labute approximate surface area is 127 Å². The minimum Gasteiger partial charge on any atom is -0.457 e. The van der Waals surface area contributed by atoms with Gasteiger partial charge in [-0.1, -0.05) is 32.0 Å². The lowest BCUT2D eigenvalue weighted by atomic mass is 9.85. The summed E-state index contributed by atoms with van der Waals surface area (Å²) < 4.78 is 5.76. The van der Waals surface area contributed by atoms with Crippen molar-refractivity contribution in [3.8, 4) is 0 Å². The first-order valence-electron chi connectivity index (χ1n) is 8.10. The van der Waals surface area contributed by atoms with Crippen molar-refractivity contribution in [2.24, 2.45) is 5.92 Å². The van der Waals surface area contributed by atoms with Gasteiger partial charge in [0, 0.05) is 18.5 Å². The van der Waals surface area contributed by atoms with Gasteiger partial charge in [-0.2, -0.15) is 0 Å². The predicted molar refractivity (Wildman–Crippen MR) is 83.3 cm³/mol. The summed E-state index contributed by atoms with van der Waals surface area (Å²) in [6, 6.07) is 9.32. The molecule has 0 radical (unpaired) electrons. The lowest BCUT2D eigenvalue weighted by molar-refractivity contribution is 0.0316. The third-order valence-electron chi connectivity index (χ3n) is 4.84. The van der Waals surface area contributed by atoms with Crippen molar-refractivity contribution >= 4 is 5.97 Å². The Morgan fingerprint density at radius 2 is 2.14 bits per heavy atom. The maximum atomic E-state index is 12.2. The molecule has 1 aromatic rings. The van der Waals surface area contributed by atoms with Gasteiger partial charge in [-0.05, 0) is 43.9 Å². The van der Waals surface area contributed by atoms with Crippen molar-refractivity contribution in [2.45, 2.75) is 51.2 Å². The number of esters is 1. The molecule has 2 fully saturated rings. The monoisotopic (exact) mass is 287 g/mol. The lowest BCUT2D eigenvalue weighted by Gasteiger charge is -2.33. The molecular formula is C18H25NO2. The smallest absolute Gasteiger partial charge is 0.338 e. The Morgan fingerprint density at radius 3 is 2.86 bits per heavy atom. The molecule has 0 N–H and O–H groups in total. The number of ether oxygens (including phenoxy) is 1. The number of carbonyl (C=O) groups is 1. The first kappa shape index (κ1) is 14.6. The fraction of sp³-hybridized carbons (Fsp3) is 0.611. The average molecular weight is 287 g/mol. The molecule has 1 aromatic carbocycles. The number of nitrogens with zero attached hydrogens (tertiary/aromatic N) is 1. The van der Waals surface area contributed by atoms with Crippen LogP contribution in [0.3, 0.4) is 0 Å². The van der Waals surface area contributed by atoms with Crippen molar-refractivity contribution in [2.75, 3.05) is 13.1 Å². The summed E-state index contributed by atoms with van der Waals surface area (Å²) in [5, 5.41) is 0. The summed E-state index contributed by atoms with van der Waals surface area (Å²) >= 11 is 0. The van der Waals surface area contributed by atoms with Crippen LogP contribution in [0.2, 0.25) is 0 Å². The van der Waals surface area contributed by atoms with Crippen LogP contribution in [0.4, 0.5) is 0 Å². The van der Waals surface area contributed by atoms with Crippen molar-refractivity contribution in [3.63, 3.8) is 0 Å². The summed E-state index contributed by atoms with van der Waals surface area (Å²) in [6.07, 6.45) is 4.81. The van der Waals surface area contributed by atoms with E-state index in [2.05, 4.69) is 18.7 Å². The normalized spacial score (nSPS) is 28.8. The standard InChI is InChI=1S/C18H25NO2/c1-14(2)11-18-9-6-10-19(18)13-16(12-18)21-17(20)15-7-4-3-5-8-15/h3-5,7-8,14,16H,6,9-13H2,1-2H3/t16-,18-/m1/s1. The Balaban J connectivity index is 1.65. The van der Waals surface area contributed by atoms with Crippen molar-refractivity contribution in [1.29, 1.82) is 0 Å². The van der Waals surface area contributed by atoms with Gasteiger partial charge in [0.05, 0.1) is 5.56 Å². The predicted octanol–water partition coefficient (Wildman–Crippen LogP) is 3.50. The third kappa shape index (κ3) is 2.98. The van der Waals surface area contributed by atoms with Gasteiger partial charge in [-0.15, -0.1) is 0 Å². The summed E-state index contributed by atoms with van der Waals surface area (Å²) in [4.78, 5) is 14.8. The Morgan fingerprint density at radius 1 is 1.38 bits per heavy atom. The number of rotatable bonds is 4. The van der Waals surface area contributed by atoms with E-state index in [1.54, 1.807) is 0 Å². The van der Waals surface area contributed by atoms with Crippen LogP contribution in [0, 0.1) is 5.92 Å². The second-order valence-corrected chi connectivity index (χ2v) is 6.97. The number of hydrogen-bond donors (Lipinski definition) is 0. The van der Waals surface area contributed by atoms with E-state index >= 15 is 0 Å². The van der Waals surface area contributed by atoms with E-state index in [0.717, 1.165) is 19.5 Å². The van der Waals surface area contributed by atoms with Crippen LogP contribution < -0.4 is 0 Å². The molecule has 0 amide bonds. The van der Waals surface area contributed by atoms with Crippen LogP contribution in [-0.2, 0) is 4.74 Å². The van der Waals surface area contributed by atoms with E-state index in [9.17, 15) is 4.79 Å². The highest BCUT2D eigenvalue weighted by atomic mass is 16.5. The number of benzene rings is 1. The first-order valence-corrected chi connectivity index (χ1v) is 8.10.